The fourth-order valence-electron chi connectivity index (χ4n) is 0. The van der Waals surface area contributed by atoms with Crippen LogP contribution in [-0.2, 0) is 36.2 Å². The monoisotopic (exact) mass is 242 g/mol. The maximum atomic E-state index is 7.88. The van der Waals surface area contributed by atoms with E-state index in [-0.39, 0.29) is 21.1 Å². The van der Waals surface area contributed by atoms with Gasteiger partial charge in [0.25, 0.3) is 0 Å². The molecular formula is MoO9-6. The second-order valence-electron chi connectivity index (χ2n) is 0.204. The summed E-state index contributed by atoms with van der Waals surface area (Å²) in [6, 6.07) is 0. The molecule has 0 atom stereocenters. The quantitative estimate of drug-likeness (QED) is 0.227. The average molecular weight is 240 g/mol. The minimum atomic E-state index is 0. The van der Waals surface area contributed by atoms with Crippen LogP contribution in [0.2, 0.25) is 0 Å². The molecule has 0 aliphatic heterocycles. The number of hydrogen-bond donors (Lipinski definition) is 0. The first kappa shape index (κ1) is 22.4. The van der Waals surface area contributed by atoms with Gasteiger partial charge < -0.3 is 46.7 Å². The summed E-state index contributed by atoms with van der Waals surface area (Å²) in [7, 11) is 0. The molecule has 0 saturated carbocycles. The van der Waals surface area contributed by atoms with E-state index in [1.807, 2.05) is 0 Å². The van der Waals surface area contributed by atoms with Crippen LogP contribution in [0.5, 0.6) is 0 Å². The van der Waals surface area contributed by atoms with Crippen LogP contribution in [0.25, 0.3) is 0 Å². The predicted octanol–water partition coefficient (Wildman–Crippen LogP) is -7.34. The van der Waals surface area contributed by atoms with E-state index >= 15 is 0 Å². The summed E-state index contributed by atoms with van der Waals surface area (Å²) in [5, 5.41) is 52.5. The van der Waals surface area contributed by atoms with Gasteiger partial charge in [-0.25, -0.2) is 0 Å². The molecule has 66 valence electrons. The zero-order valence-electron chi connectivity index (χ0n) is 4.08. The van der Waals surface area contributed by atoms with Crippen LogP contribution in [0, 0.1) is 0 Å². The van der Waals surface area contributed by atoms with E-state index in [0.29, 0.717) is 0 Å². The molecule has 9 nitrogen and oxygen atoms in total. The van der Waals surface area contributed by atoms with Crippen LogP contribution >= 0.6 is 0 Å². The molecule has 0 rings (SSSR count). The van der Waals surface area contributed by atoms with Gasteiger partial charge in [0.2, 0.25) is 0 Å². The van der Waals surface area contributed by atoms with Crippen molar-refractivity contribution in [3.8, 4) is 0 Å². The molecule has 0 radical (unpaired) electrons. The van der Waals surface area contributed by atoms with Crippen molar-refractivity contribution in [1.29, 1.82) is 0 Å². The van der Waals surface area contributed by atoms with E-state index in [4.69, 9.17) is 31.5 Å². The second-order valence-corrected chi connectivity index (χ2v) is 0.204. The molecule has 0 aliphatic carbocycles. The third kappa shape index (κ3) is 4150. The van der Waals surface area contributed by atoms with Crippen LogP contribution in [0.3, 0.4) is 0 Å². The molecule has 0 aromatic rings. The Morgan fingerprint density at radius 2 is 0.500 bits per heavy atom. The van der Waals surface area contributed by atoms with E-state index in [0.717, 1.165) is 0 Å². The molecule has 0 unspecified atom stereocenters. The van der Waals surface area contributed by atoms with Crippen LogP contribution in [0.4, 0.5) is 0 Å². The minimum absolute atomic E-state index is 0. The third-order valence-electron chi connectivity index (χ3n) is 0. The van der Waals surface area contributed by atoms with Gasteiger partial charge >= 0.3 is 0 Å². The molecule has 0 spiro atoms. The normalized spacial score (nSPS) is 5.40. The first-order valence-electron chi connectivity index (χ1n) is 1.00. The van der Waals surface area contributed by atoms with Gasteiger partial charge in [0.1, 0.15) is 0 Å². The van der Waals surface area contributed by atoms with Gasteiger partial charge in [-0.3, -0.25) is 0 Å². The number of hydrogen-bond acceptors (Lipinski definition) is 9. The SMILES string of the molecule is [Mo].[O-]O[O-].[O-]O[O-].[O-]O[O-]. The van der Waals surface area contributed by atoms with Crippen LogP contribution in [0.1, 0.15) is 0 Å². The maximum absolute atomic E-state index is 7.88. The smallest absolute Gasteiger partial charge is 0 e. The van der Waals surface area contributed by atoms with Gasteiger partial charge in [-0.05, 0) is 0 Å². The summed E-state index contributed by atoms with van der Waals surface area (Å²) >= 11 is 0. The number of rotatable bonds is 0. The summed E-state index contributed by atoms with van der Waals surface area (Å²) in [6.07, 6.45) is 0. The van der Waals surface area contributed by atoms with E-state index in [9.17, 15) is 0 Å². The van der Waals surface area contributed by atoms with E-state index < -0.39 is 0 Å². The van der Waals surface area contributed by atoms with E-state index in [2.05, 4.69) is 0 Å². The largest absolute Gasteiger partial charge is 0.734 e. The van der Waals surface area contributed by atoms with Crippen molar-refractivity contribution < 1.29 is 67.7 Å². The van der Waals surface area contributed by atoms with Gasteiger partial charge in [0, 0.05) is 21.1 Å². The van der Waals surface area contributed by atoms with Gasteiger partial charge in [0.05, 0.1) is 0 Å². The Morgan fingerprint density at radius 1 is 0.500 bits per heavy atom. The topological polar surface area (TPSA) is 166 Å². The van der Waals surface area contributed by atoms with Crippen molar-refractivity contribution in [2.24, 2.45) is 0 Å². The Bertz CT molecular complexity index is 9.44. The molecule has 0 bridgehead atoms. The van der Waals surface area contributed by atoms with Crippen molar-refractivity contribution >= 4 is 0 Å². The summed E-state index contributed by atoms with van der Waals surface area (Å²) in [6.45, 7) is 0. The molecule has 0 amide bonds. The molecule has 10 heteroatoms. The fraction of sp³-hybridized carbons (Fsp3) is 0. The fourth-order valence-corrected chi connectivity index (χ4v) is 0. The maximum Gasteiger partial charge on any atom is 0 e. The predicted molar refractivity (Wildman–Crippen MR) is 3.25 cm³/mol. The zero-order valence-corrected chi connectivity index (χ0v) is 6.09. The van der Waals surface area contributed by atoms with Crippen LogP contribution in [0.15, 0.2) is 0 Å². The summed E-state index contributed by atoms with van der Waals surface area (Å²) < 4.78 is 0. The van der Waals surface area contributed by atoms with Crippen molar-refractivity contribution in [3.05, 3.63) is 0 Å². The van der Waals surface area contributed by atoms with Crippen LogP contribution < -0.4 is 31.5 Å². The molecule has 0 N–H and O–H groups in total. The molecule has 0 aliphatic rings. The standard InChI is InChI=1S/Mo.3H2O3/c;3*1-3-2/h;3*1-2H/p-6. The first-order chi connectivity index (χ1) is 4.24. The second kappa shape index (κ2) is 58.4. The van der Waals surface area contributed by atoms with E-state index in [1.54, 1.807) is 15.1 Å². The zero-order chi connectivity index (χ0) is 8.12. The Morgan fingerprint density at radius 3 is 0.500 bits per heavy atom. The van der Waals surface area contributed by atoms with Crippen molar-refractivity contribution in [2.75, 3.05) is 0 Å². The Hall–Kier alpha value is 0.328. The molecule has 0 fully saturated rings. The van der Waals surface area contributed by atoms with Gasteiger partial charge in [0.15, 0.2) is 0 Å². The summed E-state index contributed by atoms with van der Waals surface area (Å²) in [4.78, 5) is 0. The molecule has 0 saturated heterocycles. The molecule has 0 aromatic carbocycles. The van der Waals surface area contributed by atoms with Gasteiger partial charge in [-0.2, -0.15) is 0 Å². The summed E-state index contributed by atoms with van der Waals surface area (Å²) in [5.74, 6) is 0. The minimum Gasteiger partial charge on any atom is -0.734 e. The van der Waals surface area contributed by atoms with Crippen molar-refractivity contribution in [2.45, 2.75) is 0 Å². The Labute approximate surface area is 68.5 Å². The van der Waals surface area contributed by atoms with Gasteiger partial charge in [-0.15, -0.1) is 0 Å². The average Bonchev–Trinajstić information content (AvgIpc) is 1.70. The molecular weight excluding hydrogens is 240 g/mol. The molecule has 0 aromatic heterocycles. The molecule has 0 heterocycles. The van der Waals surface area contributed by atoms with Crippen molar-refractivity contribution in [3.63, 3.8) is 0 Å². The molecule has 10 heavy (non-hydrogen) atoms. The Kier molecular flexibility index (Phi) is 131. The van der Waals surface area contributed by atoms with Gasteiger partial charge in [-0.1, -0.05) is 0 Å². The van der Waals surface area contributed by atoms with Crippen LogP contribution in [-0.4, -0.2) is 0 Å². The van der Waals surface area contributed by atoms with Crippen molar-refractivity contribution in [1.82, 2.24) is 0 Å². The summed E-state index contributed by atoms with van der Waals surface area (Å²) in [5.41, 5.74) is 0. The first-order valence-corrected chi connectivity index (χ1v) is 1.00. The Balaban J connectivity index is -0.0000000257. The van der Waals surface area contributed by atoms with E-state index in [1.165, 1.54) is 0 Å². The third-order valence-corrected chi connectivity index (χ3v) is 0.